The monoisotopic (exact) mass is 236 g/mol. The smallest absolute Gasteiger partial charge is 0.462 e. The molecule has 78 valence electrons. The van der Waals surface area contributed by atoms with Crippen LogP contribution in [0.25, 0.3) is 0 Å². The van der Waals surface area contributed by atoms with E-state index in [4.69, 9.17) is 4.74 Å². The van der Waals surface area contributed by atoms with E-state index < -0.39 is 7.54 Å². The minimum absolute atomic E-state index is 0. The average molecular weight is 236 g/mol. The molecule has 0 unspecified atom stereocenters. The van der Waals surface area contributed by atoms with E-state index in [9.17, 15) is 17.7 Å². The summed E-state index contributed by atoms with van der Waals surface area (Å²) >= 11 is 0. The van der Waals surface area contributed by atoms with E-state index >= 15 is 0 Å². The molecular formula is C7H13BF3KO2. The zero-order valence-electron chi connectivity index (χ0n) is 8.94. The van der Waals surface area contributed by atoms with Crippen LogP contribution in [0.3, 0.4) is 0 Å². The summed E-state index contributed by atoms with van der Waals surface area (Å²) in [7, 11) is -3.67. The van der Waals surface area contributed by atoms with E-state index in [0.29, 0.717) is 0 Å². The van der Waals surface area contributed by atoms with Crippen LogP contribution in [0.5, 0.6) is 0 Å². The van der Waals surface area contributed by atoms with Gasteiger partial charge in [-0.3, -0.25) is 17.7 Å². The normalized spacial score (nSPS) is 9.07. The summed E-state index contributed by atoms with van der Waals surface area (Å²) in [5.74, 6) is -0.248. The van der Waals surface area contributed by atoms with Crippen molar-refractivity contribution in [2.45, 2.75) is 32.8 Å². The molecule has 0 aromatic rings. The Morgan fingerprint density at radius 1 is 1.36 bits per heavy atom. The number of ether oxygens (including phenoxy) is 1. The Morgan fingerprint density at radius 2 is 1.64 bits per heavy atom. The fourth-order valence-electron chi connectivity index (χ4n) is 0.393. The number of halogens is 3. The molecule has 0 radical (unpaired) electrons. The fourth-order valence-corrected chi connectivity index (χ4v) is 0.393. The summed E-state index contributed by atoms with van der Waals surface area (Å²) in [6.07, 6.45) is 0.206. The van der Waals surface area contributed by atoms with E-state index in [1.54, 1.807) is 0 Å². The van der Waals surface area contributed by atoms with Crippen molar-refractivity contribution in [1.29, 1.82) is 0 Å². The summed E-state index contributed by atoms with van der Waals surface area (Å²) < 4.78 is 33.9. The first kappa shape index (κ1) is 20.4. The van der Waals surface area contributed by atoms with Crippen molar-refractivity contribution >= 4 is 13.5 Å². The third kappa shape index (κ3) is 29.3. The van der Waals surface area contributed by atoms with Gasteiger partial charge in [0, 0.05) is 0 Å². The summed E-state index contributed by atoms with van der Waals surface area (Å²) in [6.45, 7) is 8.90. The van der Waals surface area contributed by atoms with Gasteiger partial charge in [-0.25, -0.2) is 0 Å². The summed E-state index contributed by atoms with van der Waals surface area (Å²) in [5.41, 5.74) is -0.366. The first-order chi connectivity index (χ1) is 5.69. The largest absolute Gasteiger partial charge is 1.00 e. The molecule has 0 spiro atoms. The van der Waals surface area contributed by atoms with E-state index in [0.717, 1.165) is 0 Å². The molecule has 0 bridgehead atoms. The molecule has 0 aromatic heterocycles. The number of esters is 1. The van der Waals surface area contributed by atoms with Gasteiger partial charge in [0.1, 0.15) is 5.60 Å². The Kier molecular flexibility index (Phi) is 15.3. The summed E-state index contributed by atoms with van der Waals surface area (Å²) in [4.78, 5) is 10.5. The minimum atomic E-state index is -3.67. The van der Waals surface area contributed by atoms with Crippen molar-refractivity contribution in [1.82, 2.24) is 0 Å². The molecule has 0 aliphatic carbocycles. The van der Waals surface area contributed by atoms with Crippen LogP contribution < -0.4 is 51.4 Å². The molecule has 0 saturated carbocycles. The first-order valence-electron chi connectivity index (χ1n) is 3.62. The molecule has 14 heavy (non-hydrogen) atoms. The molecule has 0 aliphatic rings. The fraction of sp³-hybridized carbons (Fsp3) is 0.714. The Balaban J connectivity index is -0.000000209. The van der Waals surface area contributed by atoms with Gasteiger partial charge in [0.25, 0.3) is 5.97 Å². The third-order valence-electron chi connectivity index (χ3n) is 0.624. The molecule has 0 heterocycles. The molecular weight excluding hydrogens is 223 g/mol. The van der Waals surface area contributed by atoms with Crippen LogP contribution in [0.15, 0.2) is 0 Å². The molecule has 0 amide bonds. The van der Waals surface area contributed by atoms with Gasteiger partial charge in [-0.2, -0.15) is 0 Å². The zero-order valence-corrected chi connectivity index (χ0v) is 12.1. The second-order valence-corrected chi connectivity index (χ2v) is 3.08. The van der Waals surface area contributed by atoms with Gasteiger partial charge in [0.15, 0.2) is 0 Å². The van der Waals surface area contributed by atoms with Crippen LogP contribution in [-0.2, 0) is 9.53 Å². The molecule has 0 atom stereocenters. The van der Waals surface area contributed by atoms with Crippen LogP contribution in [0.1, 0.15) is 27.2 Å². The van der Waals surface area contributed by atoms with Crippen molar-refractivity contribution in [2.24, 2.45) is 0 Å². The predicted octanol–water partition coefficient (Wildman–Crippen LogP) is -0.564. The van der Waals surface area contributed by atoms with Gasteiger partial charge >= 0.3 is 58.9 Å². The van der Waals surface area contributed by atoms with Crippen molar-refractivity contribution in [2.75, 3.05) is 0 Å². The molecule has 0 aliphatic heterocycles. The second-order valence-electron chi connectivity index (χ2n) is 3.08. The molecule has 0 rings (SSSR count). The van der Waals surface area contributed by atoms with Gasteiger partial charge in [-0.05, 0) is 20.8 Å². The molecule has 7 heteroatoms. The summed E-state index contributed by atoms with van der Waals surface area (Å²) in [6, 6.07) is 0. The molecule has 0 fully saturated rings. The molecule has 0 N–H and O–H groups in total. The molecule has 0 aromatic carbocycles. The number of carbonyl (C=O) groups is 1. The molecule has 0 saturated heterocycles. The zero-order chi connectivity index (χ0) is 11.1. The minimum Gasteiger partial charge on any atom is -0.462 e. The number of carbonyl (C=O) groups excluding carboxylic acids is 1. The standard InChI is InChI=1S/C7H13O2.BF3.K/c1-5-6(8)9-7(2,3)4;2-1(3)4;/h1,5H2,2-4H3;;/q-1;;+1. The van der Waals surface area contributed by atoms with Gasteiger partial charge < -0.3 is 11.7 Å². The molecule has 2 nitrogen and oxygen atoms in total. The third-order valence-corrected chi connectivity index (χ3v) is 0.624. The summed E-state index contributed by atoms with van der Waals surface area (Å²) in [5, 5.41) is 0. The number of hydrogen-bond acceptors (Lipinski definition) is 2. The van der Waals surface area contributed by atoms with Crippen molar-refractivity contribution in [3.05, 3.63) is 6.92 Å². The Bertz CT molecular complexity index is 148. The van der Waals surface area contributed by atoms with Gasteiger partial charge in [0.05, 0.1) is 0 Å². The van der Waals surface area contributed by atoms with E-state index in [-0.39, 0.29) is 69.4 Å². The van der Waals surface area contributed by atoms with Crippen molar-refractivity contribution in [3.8, 4) is 0 Å². The Morgan fingerprint density at radius 3 is 1.71 bits per heavy atom. The van der Waals surface area contributed by atoms with Crippen molar-refractivity contribution in [3.63, 3.8) is 0 Å². The second kappa shape index (κ2) is 10.5. The van der Waals surface area contributed by atoms with Gasteiger partial charge in [-0.15, -0.1) is 0 Å². The maximum Gasteiger partial charge on any atom is 1.00 e. The van der Waals surface area contributed by atoms with Gasteiger partial charge in [0.2, 0.25) is 0 Å². The van der Waals surface area contributed by atoms with Crippen LogP contribution in [-0.4, -0.2) is 19.1 Å². The Hall–Kier alpha value is 0.961. The van der Waals surface area contributed by atoms with Crippen LogP contribution in [0.2, 0.25) is 0 Å². The van der Waals surface area contributed by atoms with Crippen LogP contribution >= 0.6 is 0 Å². The average Bonchev–Trinajstić information content (AvgIpc) is 1.82. The van der Waals surface area contributed by atoms with E-state index in [1.165, 1.54) is 0 Å². The number of rotatable bonds is 1. The number of hydrogen-bond donors (Lipinski definition) is 0. The quantitative estimate of drug-likeness (QED) is 0.346. The van der Waals surface area contributed by atoms with Crippen LogP contribution in [0, 0.1) is 6.92 Å². The SMILES string of the molecule is FB(F)F.[CH2-]CC(=O)OC(C)(C)C.[K+]. The van der Waals surface area contributed by atoms with Crippen LogP contribution in [0.4, 0.5) is 12.9 Å². The maximum atomic E-state index is 10.5. The maximum absolute atomic E-state index is 10.5. The van der Waals surface area contributed by atoms with E-state index in [1.807, 2.05) is 20.8 Å². The topological polar surface area (TPSA) is 26.3 Å². The predicted molar refractivity (Wildman–Crippen MR) is 44.9 cm³/mol. The van der Waals surface area contributed by atoms with Crippen molar-refractivity contribution < 1.29 is 73.9 Å². The Labute approximate surface area is 126 Å². The first-order valence-corrected chi connectivity index (χ1v) is 3.62. The van der Waals surface area contributed by atoms with Gasteiger partial charge in [-0.1, -0.05) is 6.42 Å². The van der Waals surface area contributed by atoms with E-state index in [2.05, 4.69) is 6.92 Å².